The number of unbranched alkanes of at least 4 members (excludes halogenated alkanes) is 3. The van der Waals surface area contributed by atoms with Gasteiger partial charge in [-0.25, -0.2) is 0 Å². The van der Waals surface area contributed by atoms with E-state index in [1.54, 1.807) is 42.3 Å². The minimum atomic E-state index is -1.23. The van der Waals surface area contributed by atoms with Crippen LogP contribution in [-0.4, -0.2) is 118 Å². The summed E-state index contributed by atoms with van der Waals surface area (Å²) in [5, 5.41) is 20.0. The number of methoxy groups -OCH3 is 6. The summed E-state index contributed by atoms with van der Waals surface area (Å²) in [4.78, 5) is 0. The van der Waals surface area contributed by atoms with Crippen molar-refractivity contribution in [2.75, 3.05) is 88.9 Å². The Hall–Kier alpha value is -0.400. The molecule has 0 aliphatic rings. The number of ether oxygens (including phenoxy) is 8. The van der Waals surface area contributed by atoms with E-state index in [-0.39, 0.29) is 19.3 Å². The molecule has 210 valence electrons. The topological polar surface area (TPSA) is 114 Å². The first-order valence-electron chi connectivity index (χ1n) is 11.9. The molecule has 0 radical (unpaired) electrons. The van der Waals surface area contributed by atoms with E-state index in [9.17, 15) is 10.2 Å². The second-order valence-corrected chi connectivity index (χ2v) is 7.62. The van der Waals surface area contributed by atoms with Gasteiger partial charge in [0.15, 0.2) is 12.6 Å². The molecule has 0 saturated heterocycles. The highest BCUT2D eigenvalue weighted by Crippen LogP contribution is 2.30. The zero-order chi connectivity index (χ0) is 26.7. The fourth-order valence-electron chi connectivity index (χ4n) is 2.78. The third-order valence-electron chi connectivity index (χ3n) is 4.71. The van der Waals surface area contributed by atoms with E-state index in [0.29, 0.717) is 19.8 Å². The van der Waals surface area contributed by atoms with Crippen LogP contribution in [0.2, 0.25) is 0 Å². The summed E-state index contributed by atoms with van der Waals surface area (Å²) in [7, 11) is 9.77. The molecule has 2 N–H and O–H groups in total. The highest BCUT2D eigenvalue weighted by atomic mass is 16.6. The fourth-order valence-corrected chi connectivity index (χ4v) is 2.78. The molecule has 0 aromatic rings. The lowest BCUT2D eigenvalue weighted by molar-refractivity contribution is -0.290. The predicted octanol–water partition coefficient (Wildman–Crippen LogP) is 2.48. The van der Waals surface area contributed by atoms with Crippen LogP contribution in [0.4, 0.5) is 0 Å². The second kappa shape index (κ2) is 28.8. The summed E-state index contributed by atoms with van der Waals surface area (Å²) in [6.07, 6.45) is 2.65. The van der Waals surface area contributed by atoms with Crippen LogP contribution in [0.15, 0.2) is 0 Å². The van der Waals surface area contributed by atoms with Crippen molar-refractivity contribution >= 4 is 0 Å². The number of hydrogen-bond acceptors (Lipinski definition) is 10. The van der Waals surface area contributed by atoms with Crippen molar-refractivity contribution in [3.63, 3.8) is 0 Å². The SMILES string of the molecule is CCOC(O)C(COC)(COC)C(O)OCC.COCC(C)OC.COCCCCCCOC. The van der Waals surface area contributed by atoms with Crippen LogP contribution in [-0.2, 0) is 37.9 Å². The van der Waals surface area contributed by atoms with Gasteiger partial charge in [0.05, 0.1) is 25.9 Å². The van der Waals surface area contributed by atoms with Crippen molar-refractivity contribution < 1.29 is 48.1 Å². The van der Waals surface area contributed by atoms with E-state index in [0.717, 1.165) is 13.2 Å². The van der Waals surface area contributed by atoms with Crippen LogP contribution < -0.4 is 0 Å². The molecule has 3 atom stereocenters. The molecule has 0 aliphatic heterocycles. The lowest BCUT2D eigenvalue weighted by atomic mass is 9.88. The van der Waals surface area contributed by atoms with E-state index >= 15 is 0 Å². The Morgan fingerprint density at radius 1 is 0.618 bits per heavy atom. The number of rotatable bonds is 20. The van der Waals surface area contributed by atoms with Crippen LogP contribution in [0.3, 0.4) is 0 Å². The predicted molar refractivity (Wildman–Crippen MR) is 132 cm³/mol. The largest absolute Gasteiger partial charge is 0.385 e. The van der Waals surface area contributed by atoms with Crippen molar-refractivity contribution in [2.45, 2.75) is 65.1 Å². The molecule has 0 fully saturated rings. The molecule has 0 spiro atoms. The van der Waals surface area contributed by atoms with Gasteiger partial charge in [0.25, 0.3) is 0 Å². The minimum absolute atomic E-state index is 0.0587. The van der Waals surface area contributed by atoms with Gasteiger partial charge in [-0.15, -0.1) is 0 Å². The Morgan fingerprint density at radius 2 is 1.03 bits per heavy atom. The molecule has 0 heterocycles. The molecule has 10 heteroatoms. The molecule has 10 nitrogen and oxygen atoms in total. The zero-order valence-corrected chi connectivity index (χ0v) is 23.2. The van der Waals surface area contributed by atoms with Gasteiger partial charge in [-0.05, 0) is 33.6 Å². The normalized spacial score (nSPS) is 13.9. The van der Waals surface area contributed by atoms with Gasteiger partial charge in [-0.3, -0.25) is 0 Å². The fraction of sp³-hybridized carbons (Fsp3) is 1.00. The Kier molecular flexibility index (Phi) is 32.3. The van der Waals surface area contributed by atoms with E-state index in [1.165, 1.54) is 39.9 Å². The van der Waals surface area contributed by atoms with Crippen LogP contribution in [0, 0.1) is 5.41 Å². The summed E-state index contributed by atoms with van der Waals surface area (Å²) in [5.41, 5.74) is -1.16. The van der Waals surface area contributed by atoms with E-state index in [1.807, 2.05) is 6.92 Å². The number of aliphatic hydroxyl groups excluding tert-OH is 2. The first kappa shape index (κ1) is 38.1. The molecular weight excluding hydrogens is 448 g/mol. The van der Waals surface area contributed by atoms with Crippen LogP contribution in [0.5, 0.6) is 0 Å². The van der Waals surface area contributed by atoms with Crippen molar-refractivity contribution in [2.24, 2.45) is 5.41 Å². The summed E-state index contributed by atoms with van der Waals surface area (Å²) < 4.78 is 39.8. The molecule has 0 rings (SSSR count). The smallest absolute Gasteiger partial charge is 0.169 e. The third kappa shape index (κ3) is 20.9. The maximum Gasteiger partial charge on any atom is 0.169 e. The van der Waals surface area contributed by atoms with Gasteiger partial charge in [-0.2, -0.15) is 0 Å². The van der Waals surface area contributed by atoms with E-state index in [4.69, 9.17) is 37.9 Å². The highest BCUT2D eigenvalue weighted by Gasteiger charge is 2.47. The quantitative estimate of drug-likeness (QED) is 0.190. The first-order chi connectivity index (χ1) is 16.3. The molecule has 34 heavy (non-hydrogen) atoms. The van der Waals surface area contributed by atoms with Gasteiger partial charge in [0.2, 0.25) is 0 Å². The van der Waals surface area contributed by atoms with Gasteiger partial charge < -0.3 is 48.1 Å². The number of hydrogen-bond donors (Lipinski definition) is 2. The Labute approximate surface area is 208 Å². The van der Waals surface area contributed by atoms with Crippen molar-refractivity contribution in [3.05, 3.63) is 0 Å². The second-order valence-electron chi connectivity index (χ2n) is 7.62. The average Bonchev–Trinajstić information content (AvgIpc) is 2.82. The van der Waals surface area contributed by atoms with Crippen molar-refractivity contribution in [1.82, 2.24) is 0 Å². The lowest BCUT2D eigenvalue weighted by Gasteiger charge is -2.39. The highest BCUT2D eigenvalue weighted by molar-refractivity contribution is 4.85. The number of aliphatic hydroxyl groups is 2. The zero-order valence-electron chi connectivity index (χ0n) is 23.2. The monoisotopic (exact) mass is 502 g/mol. The van der Waals surface area contributed by atoms with Gasteiger partial charge in [-0.1, -0.05) is 12.8 Å². The summed E-state index contributed by atoms with van der Waals surface area (Å²) >= 11 is 0. The van der Waals surface area contributed by atoms with E-state index in [2.05, 4.69) is 0 Å². The maximum absolute atomic E-state index is 10.00. The summed E-state index contributed by atoms with van der Waals surface area (Å²) in [6.45, 7) is 8.68. The molecule has 0 aromatic carbocycles. The summed E-state index contributed by atoms with van der Waals surface area (Å²) in [5.74, 6) is 0. The summed E-state index contributed by atoms with van der Waals surface area (Å²) in [6, 6.07) is 0. The molecule has 0 aliphatic carbocycles. The molecule has 0 amide bonds. The third-order valence-corrected chi connectivity index (χ3v) is 4.71. The molecular formula is C24H54O10. The molecule has 0 aromatic heterocycles. The molecule has 0 saturated carbocycles. The maximum atomic E-state index is 10.00. The Morgan fingerprint density at radius 3 is 1.26 bits per heavy atom. The van der Waals surface area contributed by atoms with Gasteiger partial charge in [0, 0.05) is 69.1 Å². The standard InChI is InChI=1S/C11H24O6.C8H18O2.C5H12O2/c1-5-16-9(12)11(7-14-3,8-15-4)10(13)17-6-2;1-9-7-5-3-4-6-8-10-2;1-5(7-3)4-6-2/h9-10,12-13H,5-8H2,1-4H3;3-8H2,1-2H3;5H,4H2,1-3H3. The van der Waals surface area contributed by atoms with Crippen LogP contribution in [0.1, 0.15) is 46.5 Å². The van der Waals surface area contributed by atoms with Crippen molar-refractivity contribution in [1.29, 1.82) is 0 Å². The molecule has 0 bridgehead atoms. The first-order valence-corrected chi connectivity index (χ1v) is 11.9. The van der Waals surface area contributed by atoms with E-state index < -0.39 is 18.0 Å². The minimum Gasteiger partial charge on any atom is -0.385 e. The van der Waals surface area contributed by atoms with Gasteiger partial charge in [0.1, 0.15) is 5.41 Å². The average molecular weight is 503 g/mol. The van der Waals surface area contributed by atoms with Gasteiger partial charge >= 0.3 is 0 Å². The van der Waals surface area contributed by atoms with Crippen LogP contribution in [0.25, 0.3) is 0 Å². The van der Waals surface area contributed by atoms with Crippen molar-refractivity contribution in [3.8, 4) is 0 Å². The molecule has 3 unspecified atom stereocenters. The lowest BCUT2D eigenvalue weighted by Crippen LogP contribution is -2.54. The van der Waals surface area contributed by atoms with Crippen LogP contribution >= 0.6 is 0 Å². The Balaban J connectivity index is -0.000000477. The Bertz CT molecular complexity index is 346.